The topological polar surface area (TPSA) is 181 Å². The third-order valence-electron chi connectivity index (χ3n) is 11.0. The van der Waals surface area contributed by atoms with Gasteiger partial charge < -0.3 is 39.4 Å². The number of hydrogen-bond donors (Lipinski definition) is 2. The molecule has 0 unspecified atom stereocenters. The van der Waals surface area contributed by atoms with Crippen LogP contribution in [0, 0.1) is 0 Å². The number of thiophene rings is 2. The molecule has 17 nitrogen and oxygen atoms in total. The van der Waals surface area contributed by atoms with Crippen molar-refractivity contribution in [1.29, 1.82) is 0 Å². The van der Waals surface area contributed by atoms with Crippen molar-refractivity contribution in [1.82, 2.24) is 23.7 Å². The Morgan fingerprint density at radius 3 is 1.46 bits per heavy atom. The van der Waals surface area contributed by atoms with E-state index in [0.717, 1.165) is 70.8 Å². The van der Waals surface area contributed by atoms with E-state index in [4.69, 9.17) is 54.4 Å². The summed E-state index contributed by atoms with van der Waals surface area (Å²) in [5, 5.41) is 33.8. The van der Waals surface area contributed by atoms with E-state index in [1.807, 2.05) is 35.0 Å². The fourth-order valence-corrected chi connectivity index (χ4v) is 12.2. The van der Waals surface area contributed by atoms with Gasteiger partial charge in [-0.2, -0.15) is 23.7 Å². The number of fused-ring (bicyclic) bond motifs is 2. The largest absolute Gasteiger partial charge is 0.495 e. The fraction of sp³-hybridized carbons (Fsp3) is 0.419. The standard InChI is InChI=1S/C43H51N13O4S5/c1-9-55(10-2)29-18-25(27(20-31(29)57-5)49-51-37-35-33(59-7)22-61-39(35)53-64-37)44-41-46-42(48-43(47-41)63-24-16-14-13-15-17-24)45-26-19-30(56(11-3)12-4)32(58-6)21-28(26)50-52-38-36-34(60-8)23-62-40(36)54-65-38/h18-24H,9-17H2,1-8H3,(H2,44,45,46,47,48)/b51-49+,52-50+. The van der Waals surface area contributed by atoms with E-state index in [0.29, 0.717) is 78.1 Å². The zero-order chi connectivity index (χ0) is 45.5. The molecule has 65 heavy (non-hydrogen) atoms. The molecule has 22 heteroatoms. The molecule has 2 aromatic carbocycles. The van der Waals surface area contributed by atoms with Gasteiger partial charge in [-0.15, -0.1) is 43.1 Å². The Morgan fingerprint density at radius 1 is 0.600 bits per heavy atom. The number of methoxy groups -OCH3 is 4. The van der Waals surface area contributed by atoms with E-state index in [1.165, 1.54) is 65.0 Å². The number of benzene rings is 2. The van der Waals surface area contributed by atoms with Crippen molar-refractivity contribution in [3.63, 3.8) is 0 Å². The number of rotatable bonds is 20. The molecule has 1 aliphatic carbocycles. The molecule has 0 bridgehead atoms. The normalized spacial score (nSPS) is 13.4. The van der Waals surface area contributed by atoms with Crippen LogP contribution in [0.25, 0.3) is 20.4 Å². The first-order valence-corrected chi connectivity index (χ1v) is 25.6. The number of nitrogens with one attached hydrogen (secondary N) is 2. The Bertz CT molecular complexity index is 2620. The third-order valence-corrected chi connectivity index (χ3v) is 15.6. The van der Waals surface area contributed by atoms with Gasteiger partial charge in [0.1, 0.15) is 44.0 Å². The molecule has 0 radical (unpaired) electrons. The molecule has 1 saturated carbocycles. The van der Waals surface area contributed by atoms with Crippen molar-refractivity contribution in [2.45, 2.75) is 70.2 Å². The number of thioether (sulfide) groups is 1. The molecule has 0 amide bonds. The highest BCUT2D eigenvalue weighted by atomic mass is 32.2. The van der Waals surface area contributed by atoms with Crippen LogP contribution in [0.1, 0.15) is 59.8 Å². The Morgan fingerprint density at radius 2 is 1.05 bits per heavy atom. The molecular weight excluding hydrogens is 923 g/mol. The van der Waals surface area contributed by atoms with Crippen LogP contribution in [-0.4, -0.2) is 83.6 Å². The van der Waals surface area contributed by atoms with Gasteiger partial charge in [-0.05, 0) is 75.7 Å². The van der Waals surface area contributed by atoms with E-state index < -0.39 is 0 Å². The predicted octanol–water partition coefficient (Wildman–Crippen LogP) is 13.7. The van der Waals surface area contributed by atoms with Crippen LogP contribution in [0.5, 0.6) is 23.0 Å². The maximum atomic E-state index is 5.95. The average molecular weight is 974 g/mol. The van der Waals surface area contributed by atoms with Crippen molar-refractivity contribution in [2.24, 2.45) is 20.5 Å². The third kappa shape index (κ3) is 10.1. The van der Waals surface area contributed by atoms with Gasteiger partial charge in [0.25, 0.3) is 0 Å². The van der Waals surface area contributed by atoms with Gasteiger partial charge in [0.2, 0.25) is 11.9 Å². The second kappa shape index (κ2) is 21.3. The molecular formula is C43H51N13O4S5. The first-order valence-electron chi connectivity index (χ1n) is 21.4. The summed E-state index contributed by atoms with van der Waals surface area (Å²) in [5.74, 6) is 3.38. The Hall–Kier alpha value is -5.42. The van der Waals surface area contributed by atoms with Crippen LogP contribution in [0.4, 0.5) is 56.0 Å². The summed E-state index contributed by atoms with van der Waals surface area (Å²) in [4.78, 5) is 21.2. The minimum absolute atomic E-state index is 0.324. The summed E-state index contributed by atoms with van der Waals surface area (Å²) in [5.41, 5.74) is 4.07. The van der Waals surface area contributed by atoms with Crippen molar-refractivity contribution >= 4 is 134 Å². The van der Waals surface area contributed by atoms with Gasteiger partial charge in [-0.1, -0.05) is 31.0 Å². The summed E-state index contributed by atoms with van der Waals surface area (Å²) in [6.45, 7) is 11.5. The van der Waals surface area contributed by atoms with E-state index in [2.05, 4.69) is 56.9 Å². The van der Waals surface area contributed by atoms with Crippen LogP contribution < -0.4 is 39.4 Å². The molecule has 0 spiro atoms. The minimum Gasteiger partial charge on any atom is -0.495 e. The molecule has 2 N–H and O–H groups in total. The van der Waals surface area contributed by atoms with E-state index in [-0.39, 0.29) is 0 Å². The Balaban J connectivity index is 1.23. The fourth-order valence-electron chi connectivity index (χ4n) is 7.61. The highest BCUT2D eigenvalue weighted by Crippen LogP contribution is 2.47. The Labute approximate surface area is 398 Å². The highest BCUT2D eigenvalue weighted by molar-refractivity contribution is 7.99. The lowest BCUT2D eigenvalue weighted by molar-refractivity contribution is 0.414. The van der Waals surface area contributed by atoms with Gasteiger partial charge >= 0.3 is 0 Å². The van der Waals surface area contributed by atoms with Gasteiger partial charge in [-0.3, -0.25) is 0 Å². The first kappa shape index (κ1) is 46.1. The van der Waals surface area contributed by atoms with Crippen LogP contribution in [0.15, 0.2) is 60.6 Å². The van der Waals surface area contributed by atoms with Crippen LogP contribution in [-0.2, 0) is 0 Å². The maximum Gasteiger partial charge on any atom is 0.233 e. The molecule has 0 saturated heterocycles. The van der Waals surface area contributed by atoms with E-state index >= 15 is 0 Å². The summed E-state index contributed by atoms with van der Waals surface area (Å²) in [6, 6.07) is 7.78. The number of aromatic nitrogens is 5. The lowest BCUT2D eigenvalue weighted by Crippen LogP contribution is -2.22. The first-order chi connectivity index (χ1) is 31.8. The predicted molar refractivity (Wildman–Crippen MR) is 269 cm³/mol. The van der Waals surface area contributed by atoms with E-state index in [1.54, 1.807) is 40.2 Å². The summed E-state index contributed by atoms with van der Waals surface area (Å²) in [7, 11) is 6.61. The molecule has 1 fully saturated rings. The van der Waals surface area contributed by atoms with E-state index in [9.17, 15) is 0 Å². The second-order valence-corrected chi connectivity index (χ2v) is 19.2. The summed E-state index contributed by atoms with van der Waals surface area (Å²) >= 11 is 7.23. The smallest absolute Gasteiger partial charge is 0.233 e. The molecule has 8 rings (SSSR count). The van der Waals surface area contributed by atoms with Crippen molar-refractivity contribution in [2.75, 3.05) is 75.1 Å². The molecule has 1 aliphatic rings. The average Bonchev–Trinajstić information content (AvgIpc) is 4.13. The maximum absolute atomic E-state index is 5.95. The van der Waals surface area contributed by atoms with Crippen molar-refractivity contribution in [3.8, 4) is 23.0 Å². The highest BCUT2D eigenvalue weighted by Gasteiger charge is 2.23. The van der Waals surface area contributed by atoms with Crippen LogP contribution >= 0.6 is 57.5 Å². The lowest BCUT2D eigenvalue weighted by Gasteiger charge is -2.25. The Kier molecular flexibility index (Phi) is 15.1. The number of azo groups is 2. The van der Waals surface area contributed by atoms with Crippen molar-refractivity contribution in [3.05, 3.63) is 35.0 Å². The van der Waals surface area contributed by atoms with Gasteiger partial charge in [0.15, 0.2) is 15.2 Å². The monoisotopic (exact) mass is 973 g/mol. The summed E-state index contributed by atoms with van der Waals surface area (Å²) < 4.78 is 32.3. The molecule has 5 heterocycles. The van der Waals surface area contributed by atoms with Gasteiger partial charge in [0.05, 0.1) is 62.0 Å². The number of ether oxygens (including phenoxy) is 4. The van der Waals surface area contributed by atoms with Crippen molar-refractivity contribution < 1.29 is 18.9 Å². The van der Waals surface area contributed by atoms with Gasteiger partial charge in [-0.25, -0.2) is 0 Å². The quantitative estimate of drug-likeness (QED) is 0.0688. The SMILES string of the molecule is CCN(CC)c1cc(Nc2nc(Nc3cc(N(CC)CC)c(OC)cc3/N=N/c3snc4scc(OC)c34)nc(SC3CCCCC3)n2)c(/N=N/c2snc3scc(OC)c23)cc1OC. The molecule has 0 atom stereocenters. The molecule has 5 aromatic heterocycles. The zero-order valence-electron chi connectivity index (χ0n) is 37.5. The molecule has 0 aliphatic heterocycles. The summed E-state index contributed by atoms with van der Waals surface area (Å²) in [6.07, 6.45) is 5.77. The van der Waals surface area contributed by atoms with Gasteiger partial charge in [0, 0.05) is 54.3 Å². The number of anilines is 6. The molecule has 342 valence electrons. The lowest BCUT2D eigenvalue weighted by atomic mass is 10.0. The second-order valence-electron chi connectivity index (χ2n) is 14.7. The van der Waals surface area contributed by atoms with Crippen LogP contribution in [0.3, 0.4) is 0 Å². The number of nitrogens with zero attached hydrogens (tertiary/aromatic N) is 11. The minimum atomic E-state index is 0.324. The molecule has 7 aromatic rings. The van der Waals surface area contributed by atoms with Crippen LogP contribution in [0.2, 0.25) is 0 Å². The zero-order valence-corrected chi connectivity index (χ0v) is 41.6. The number of hydrogen-bond acceptors (Lipinski definition) is 22.